The molecule has 23 heavy (non-hydrogen) atoms. The summed E-state index contributed by atoms with van der Waals surface area (Å²) in [5.41, 5.74) is 0. The van der Waals surface area contributed by atoms with Crippen LogP contribution < -0.4 is 9.67 Å². The zero-order valence-electron chi connectivity index (χ0n) is 12.3. The van der Waals surface area contributed by atoms with Gasteiger partial charge in [-0.2, -0.15) is 0 Å². The summed E-state index contributed by atoms with van der Waals surface area (Å²) in [6, 6.07) is 4.32. The van der Waals surface area contributed by atoms with Crippen molar-refractivity contribution in [2.24, 2.45) is 0 Å². The van der Waals surface area contributed by atoms with E-state index >= 15 is 0 Å². The number of methoxy groups -OCH3 is 1. The van der Waals surface area contributed by atoms with E-state index in [-0.39, 0.29) is 10.6 Å². The number of hydrogen-bond donors (Lipinski definition) is 3. The van der Waals surface area contributed by atoms with Crippen LogP contribution in [-0.4, -0.2) is 61.7 Å². The van der Waals surface area contributed by atoms with Gasteiger partial charge in [0.15, 0.2) is 0 Å². The zero-order chi connectivity index (χ0) is 17.6. The normalized spacial score (nSPS) is 13.9. The Hall–Kier alpha value is -1.06. The maximum absolute atomic E-state index is 11.5. The van der Waals surface area contributed by atoms with Gasteiger partial charge in [-0.15, -0.1) is 0 Å². The Morgan fingerprint density at radius 1 is 1.35 bits per heavy atom. The van der Waals surface area contributed by atoms with Crippen LogP contribution in [0.3, 0.4) is 0 Å². The molecular formula is C12H16AsNO7S2. The van der Waals surface area contributed by atoms with Gasteiger partial charge < -0.3 is 0 Å². The molecule has 0 heterocycles. The molecule has 128 valence electrons. The van der Waals surface area contributed by atoms with Crippen LogP contribution in [-0.2, 0) is 24.4 Å². The fraction of sp³-hybridized carbons (Fsp3) is 0.333. The first-order valence-corrected chi connectivity index (χ1v) is 12.7. The van der Waals surface area contributed by atoms with Crippen molar-refractivity contribution in [3.63, 3.8) is 0 Å². The van der Waals surface area contributed by atoms with Gasteiger partial charge in [-0.25, -0.2) is 0 Å². The van der Waals surface area contributed by atoms with E-state index in [0.717, 1.165) is 10.0 Å². The van der Waals surface area contributed by atoms with Crippen molar-refractivity contribution < 1.29 is 31.4 Å². The molecule has 0 aliphatic heterocycles. The molecule has 0 aromatic heterocycles. The molecule has 1 unspecified atom stereocenters. The van der Waals surface area contributed by atoms with E-state index < -0.39 is 41.9 Å². The molecule has 1 rings (SSSR count). The van der Waals surface area contributed by atoms with Crippen molar-refractivity contribution in [2.45, 2.75) is 17.9 Å². The second-order valence-electron chi connectivity index (χ2n) is 4.31. The van der Waals surface area contributed by atoms with Crippen molar-refractivity contribution in [2.75, 3.05) is 12.9 Å². The molecule has 0 aliphatic carbocycles. The first kappa shape index (κ1) is 20.0. The summed E-state index contributed by atoms with van der Waals surface area (Å²) in [6.45, 7) is 1.27. The van der Waals surface area contributed by atoms with Crippen molar-refractivity contribution in [3.05, 3.63) is 24.3 Å². The van der Waals surface area contributed by atoms with E-state index in [1.54, 1.807) is 0 Å². The van der Waals surface area contributed by atoms with Gasteiger partial charge in [0.2, 0.25) is 0 Å². The number of rotatable bonds is 7. The Bertz CT molecular complexity index is 662. The minimum atomic E-state index is -4.28. The van der Waals surface area contributed by atoms with E-state index in [2.05, 4.69) is 10.1 Å². The zero-order valence-corrected chi connectivity index (χ0v) is 15.8. The summed E-state index contributed by atoms with van der Waals surface area (Å²) in [6.07, 6.45) is 0. The van der Waals surface area contributed by atoms with E-state index in [1.807, 2.05) is 0 Å². The molecule has 0 radical (unpaired) electrons. The first-order chi connectivity index (χ1) is 10.6. The number of hydrogen-bond acceptors (Lipinski definition) is 7. The standard InChI is InChI=1S/C12H16AsNO7S2/c1-8(15)14-11(12(16)21-2)7-22-13(17)9-3-5-10(6-4-9)23(18,19)20/h3-6,11,17H,7H2,1-2H3,(H,14,15)(H,18,19,20)/t11-,13?/m0/s1. The molecule has 0 saturated carbocycles. The molecule has 3 N–H and O–H groups in total. The van der Waals surface area contributed by atoms with Crippen molar-refractivity contribution >= 4 is 50.2 Å². The third-order valence-corrected chi connectivity index (χ3v) is 9.30. The van der Waals surface area contributed by atoms with Crippen molar-refractivity contribution in [1.82, 2.24) is 5.32 Å². The van der Waals surface area contributed by atoms with Crippen LogP contribution >= 0.6 is 10.0 Å². The number of nitrogens with one attached hydrogen (secondary N) is 1. The third-order valence-electron chi connectivity index (χ3n) is 2.58. The summed E-state index contributed by atoms with van der Waals surface area (Å²) >= 11 is -2.58. The number of carbonyl (C=O) groups is 2. The summed E-state index contributed by atoms with van der Waals surface area (Å²) in [5.74, 6) is -0.879. The molecule has 8 nitrogen and oxygen atoms in total. The molecule has 0 spiro atoms. The summed E-state index contributed by atoms with van der Waals surface area (Å²) in [5, 5.41) is 2.43. The molecule has 11 heteroatoms. The Morgan fingerprint density at radius 2 is 1.91 bits per heavy atom. The Kier molecular flexibility index (Phi) is 7.56. The van der Waals surface area contributed by atoms with Crippen molar-refractivity contribution in [1.29, 1.82) is 0 Å². The molecule has 1 aromatic rings. The van der Waals surface area contributed by atoms with Gasteiger partial charge in [0.1, 0.15) is 0 Å². The topological polar surface area (TPSA) is 130 Å². The van der Waals surface area contributed by atoms with Crippen LogP contribution in [0.1, 0.15) is 6.92 Å². The molecule has 1 amide bonds. The van der Waals surface area contributed by atoms with Crippen LogP contribution in [0.4, 0.5) is 0 Å². The molecule has 0 bridgehead atoms. The van der Waals surface area contributed by atoms with Gasteiger partial charge >= 0.3 is 142 Å². The van der Waals surface area contributed by atoms with Crippen LogP contribution in [0.25, 0.3) is 0 Å². The molecule has 0 fully saturated rings. The predicted molar refractivity (Wildman–Crippen MR) is 85.9 cm³/mol. The number of ether oxygens (including phenoxy) is 1. The second kappa shape index (κ2) is 8.70. The Balaban J connectivity index is 2.72. The van der Waals surface area contributed by atoms with Crippen LogP contribution in [0, 0.1) is 0 Å². The van der Waals surface area contributed by atoms with E-state index in [0.29, 0.717) is 4.35 Å². The van der Waals surface area contributed by atoms with Crippen LogP contribution in [0.2, 0.25) is 0 Å². The third kappa shape index (κ3) is 6.52. The van der Waals surface area contributed by atoms with Crippen molar-refractivity contribution in [3.8, 4) is 0 Å². The van der Waals surface area contributed by atoms with Gasteiger partial charge in [-0.05, 0) is 0 Å². The fourth-order valence-electron chi connectivity index (χ4n) is 1.52. The average molecular weight is 425 g/mol. The monoisotopic (exact) mass is 425 g/mol. The van der Waals surface area contributed by atoms with Gasteiger partial charge in [0.05, 0.1) is 0 Å². The Labute approximate surface area is 141 Å². The Morgan fingerprint density at radius 3 is 2.35 bits per heavy atom. The number of esters is 1. The van der Waals surface area contributed by atoms with Crippen LogP contribution in [0.15, 0.2) is 29.2 Å². The summed E-state index contributed by atoms with van der Waals surface area (Å²) < 4.78 is 46.1. The van der Waals surface area contributed by atoms with Gasteiger partial charge in [-0.3, -0.25) is 0 Å². The number of benzene rings is 1. The second-order valence-corrected chi connectivity index (χ2v) is 12.0. The minimum absolute atomic E-state index is 0.128. The summed E-state index contributed by atoms with van der Waals surface area (Å²) in [7, 11) is -1.97. The van der Waals surface area contributed by atoms with E-state index in [1.165, 1.54) is 38.3 Å². The molecule has 1 aromatic carbocycles. The average Bonchev–Trinajstić information content (AvgIpc) is 2.49. The number of amides is 1. The molecule has 2 atom stereocenters. The quantitative estimate of drug-likeness (QED) is 0.289. The maximum atomic E-state index is 11.5. The van der Waals surface area contributed by atoms with E-state index in [9.17, 15) is 22.1 Å². The SMILES string of the molecule is COC(=O)[C@H](CS[As](O)c1ccc(S(=O)(=O)O)cc1)NC(C)=O. The van der Waals surface area contributed by atoms with Crippen LogP contribution in [0.5, 0.6) is 0 Å². The van der Waals surface area contributed by atoms with Gasteiger partial charge in [0, 0.05) is 0 Å². The number of carbonyl (C=O) groups excluding carboxylic acids is 2. The summed E-state index contributed by atoms with van der Waals surface area (Å²) in [4.78, 5) is 22.3. The molecule has 0 aliphatic rings. The molecular weight excluding hydrogens is 409 g/mol. The fourth-order valence-corrected chi connectivity index (χ4v) is 6.91. The van der Waals surface area contributed by atoms with Gasteiger partial charge in [0.25, 0.3) is 0 Å². The molecule has 0 saturated heterocycles. The van der Waals surface area contributed by atoms with Gasteiger partial charge in [-0.1, -0.05) is 0 Å². The van der Waals surface area contributed by atoms with E-state index in [4.69, 9.17) is 4.55 Å². The predicted octanol–water partition coefficient (Wildman–Crippen LogP) is -0.968. The first-order valence-electron chi connectivity index (χ1n) is 6.19.